The van der Waals surface area contributed by atoms with Crippen LogP contribution in [-0.2, 0) is 25.7 Å². The predicted molar refractivity (Wildman–Crippen MR) is 125 cm³/mol. The fourth-order valence-corrected chi connectivity index (χ4v) is 5.25. The number of rotatable bonds is 10. The number of likely N-dealkylation sites (tertiary alicyclic amines) is 1. The molecule has 1 fully saturated rings. The van der Waals surface area contributed by atoms with Crippen LogP contribution in [0.2, 0.25) is 0 Å². The molecule has 3 atom stereocenters. The summed E-state index contributed by atoms with van der Waals surface area (Å²) in [5, 5.41) is 12.6. The van der Waals surface area contributed by atoms with E-state index < -0.39 is 22.2 Å². The van der Waals surface area contributed by atoms with Crippen LogP contribution < -0.4 is 11.1 Å². The van der Waals surface area contributed by atoms with Gasteiger partial charge in [-0.1, -0.05) is 11.8 Å². The molecule has 1 aromatic rings. The fraction of sp³-hybridized carbons (Fsp3) is 0.500. The largest absolute Gasteiger partial charge is 0.445 e. The van der Waals surface area contributed by atoms with Gasteiger partial charge in [-0.3, -0.25) is 24.5 Å². The van der Waals surface area contributed by atoms with Gasteiger partial charge in [0, 0.05) is 42.6 Å². The highest BCUT2D eigenvalue weighted by Crippen LogP contribution is 2.31. The van der Waals surface area contributed by atoms with Gasteiger partial charge in [0.2, 0.25) is 11.8 Å². The molecule has 3 amide bonds. The SMILES string of the molecule is CC(=O)S[C@H]1C[C@@H](CSC(C)C(=O)NCC(N)=O)N(C(=O)OCc2ccc([N+](=O)[O-])cc2)C1. The smallest absolute Gasteiger partial charge is 0.410 e. The van der Waals surface area contributed by atoms with Crippen LogP contribution in [0.25, 0.3) is 0 Å². The van der Waals surface area contributed by atoms with Crippen molar-refractivity contribution in [2.24, 2.45) is 5.73 Å². The van der Waals surface area contributed by atoms with Gasteiger partial charge in [-0.15, -0.1) is 11.8 Å². The van der Waals surface area contributed by atoms with Crippen molar-refractivity contribution in [3.05, 3.63) is 39.9 Å². The lowest BCUT2D eigenvalue weighted by atomic mass is 10.2. The van der Waals surface area contributed by atoms with Gasteiger partial charge in [0.25, 0.3) is 5.69 Å². The number of nitro benzene ring substituents is 1. The maximum absolute atomic E-state index is 12.8. The Hall–Kier alpha value is -2.80. The zero-order chi connectivity index (χ0) is 24.5. The minimum absolute atomic E-state index is 0.0494. The molecule has 0 aromatic heterocycles. The second kappa shape index (κ2) is 12.4. The number of ether oxygens (including phenoxy) is 1. The summed E-state index contributed by atoms with van der Waals surface area (Å²) >= 11 is 2.49. The van der Waals surface area contributed by atoms with E-state index in [0.717, 1.165) is 0 Å². The highest BCUT2D eigenvalue weighted by molar-refractivity contribution is 8.14. The Bertz CT molecular complexity index is 897. The van der Waals surface area contributed by atoms with Crippen molar-refractivity contribution < 1.29 is 28.8 Å². The number of benzene rings is 1. The molecule has 3 N–H and O–H groups in total. The van der Waals surface area contributed by atoms with Gasteiger partial charge >= 0.3 is 6.09 Å². The van der Waals surface area contributed by atoms with Crippen LogP contribution in [0.15, 0.2) is 24.3 Å². The van der Waals surface area contributed by atoms with Crippen LogP contribution in [0.3, 0.4) is 0 Å². The standard InChI is InChI=1S/C20H26N4O7S2/c1-12(19(27)22-8-18(21)26)32-11-16-7-17(33-13(2)25)9-23(16)20(28)31-10-14-3-5-15(6-4-14)24(29)30/h3-6,12,16-17H,7-11H2,1-2H3,(H2,21,26)(H,22,27)/t12?,16-,17-/m0/s1. The number of thioether (sulfide) groups is 2. The summed E-state index contributed by atoms with van der Waals surface area (Å²) in [7, 11) is 0. The maximum atomic E-state index is 12.8. The summed E-state index contributed by atoms with van der Waals surface area (Å²) in [4.78, 5) is 59.0. The Kier molecular flexibility index (Phi) is 9.97. The first-order chi connectivity index (χ1) is 15.6. The predicted octanol–water partition coefficient (Wildman–Crippen LogP) is 1.68. The number of hydrogen-bond acceptors (Lipinski definition) is 9. The lowest BCUT2D eigenvalue weighted by Crippen LogP contribution is -2.40. The zero-order valence-corrected chi connectivity index (χ0v) is 19.9. The number of nitrogens with zero attached hydrogens (tertiary/aromatic N) is 2. The van der Waals surface area contributed by atoms with E-state index in [2.05, 4.69) is 5.32 Å². The molecule has 1 heterocycles. The summed E-state index contributed by atoms with van der Waals surface area (Å²) in [5.41, 5.74) is 5.58. The first-order valence-electron chi connectivity index (χ1n) is 10.1. The van der Waals surface area contributed by atoms with Crippen molar-refractivity contribution in [2.75, 3.05) is 18.8 Å². The molecule has 1 saturated heterocycles. The van der Waals surface area contributed by atoms with E-state index in [9.17, 15) is 29.3 Å². The highest BCUT2D eigenvalue weighted by atomic mass is 32.2. The topological polar surface area (TPSA) is 162 Å². The number of carbonyl (C=O) groups excluding carboxylic acids is 4. The molecule has 13 heteroatoms. The maximum Gasteiger partial charge on any atom is 0.410 e. The summed E-state index contributed by atoms with van der Waals surface area (Å²) < 4.78 is 5.40. The average molecular weight is 499 g/mol. The van der Waals surface area contributed by atoms with Crippen LogP contribution in [0.1, 0.15) is 25.8 Å². The van der Waals surface area contributed by atoms with E-state index in [1.54, 1.807) is 11.8 Å². The monoisotopic (exact) mass is 498 g/mol. The second-order valence-corrected chi connectivity index (χ2v) is 10.3. The van der Waals surface area contributed by atoms with E-state index in [1.165, 1.54) is 54.7 Å². The highest BCUT2D eigenvalue weighted by Gasteiger charge is 2.37. The third-order valence-electron chi connectivity index (χ3n) is 4.80. The van der Waals surface area contributed by atoms with E-state index >= 15 is 0 Å². The Morgan fingerprint density at radius 2 is 1.97 bits per heavy atom. The molecule has 1 aliphatic heterocycles. The third kappa shape index (κ3) is 8.57. The van der Waals surface area contributed by atoms with Crippen molar-refractivity contribution in [1.29, 1.82) is 0 Å². The van der Waals surface area contributed by atoms with E-state index in [-0.39, 0.29) is 41.2 Å². The van der Waals surface area contributed by atoms with E-state index in [0.29, 0.717) is 24.3 Å². The number of amides is 3. The Morgan fingerprint density at radius 3 is 2.55 bits per heavy atom. The van der Waals surface area contributed by atoms with E-state index in [4.69, 9.17) is 10.5 Å². The molecule has 2 rings (SSSR count). The minimum atomic E-state index is -0.637. The molecule has 0 bridgehead atoms. The summed E-state index contributed by atoms with van der Waals surface area (Å²) in [6.45, 7) is 3.19. The van der Waals surface area contributed by atoms with Gasteiger partial charge in [0.05, 0.1) is 16.7 Å². The van der Waals surface area contributed by atoms with Gasteiger partial charge in [-0.05, 0) is 31.0 Å². The molecule has 33 heavy (non-hydrogen) atoms. The van der Waals surface area contributed by atoms with Gasteiger partial charge in [-0.2, -0.15) is 0 Å². The van der Waals surface area contributed by atoms with Crippen LogP contribution >= 0.6 is 23.5 Å². The number of nitrogens with one attached hydrogen (secondary N) is 1. The molecule has 0 radical (unpaired) electrons. The molecule has 1 aromatic carbocycles. The summed E-state index contributed by atoms with van der Waals surface area (Å²) in [6, 6.07) is 5.46. The molecule has 180 valence electrons. The van der Waals surface area contributed by atoms with Crippen LogP contribution in [-0.4, -0.2) is 68.2 Å². The number of non-ortho nitro benzene ring substituents is 1. The fourth-order valence-electron chi connectivity index (χ4n) is 3.17. The normalized spacial score (nSPS) is 18.4. The molecule has 11 nitrogen and oxygen atoms in total. The molecule has 0 aliphatic carbocycles. The third-order valence-corrected chi connectivity index (χ3v) is 7.10. The number of nitro groups is 1. The number of primary amides is 1. The molecule has 1 aliphatic rings. The van der Waals surface area contributed by atoms with Gasteiger partial charge < -0.3 is 20.7 Å². The average Bonchev–Trinajstić information content (AvgIpc) is 3.16. The Morgan fingerprint density at radius 1 is 1.30 bits per heavy atom. The van der Waals surface area contributed by atoms with Gasteiger partial charge in [-0.25, -0.2) is 4.79 Å². The molecule has 1 unspecified atom stereocenters. The first kappa shape index (κ1) is 26.5. The van der Waals surface area contributed by atoms with Crippen LogP contribution in [0.4, 0.5) is 10.5 Å². The lowest BCUT2D eigenvalue weighted by Gasteiger charge is -2.24. The van der Waals surface area contributed by atoms with E-state index in [1.807, 2.05) is 0 Å². The minimum Gasteiger partial charge on any atom is -0.445 e. The van der Waals surface area contributed by atoms with Crippen LogP contribution in [0.5, 0.6) is 0 Å². The number of nitrogens with two attached hydrogens (primary N) is 1. The van der Waals surface area contributed by atoms with Gasteiger partial charge in [0.1, 0.15) is 6.61 Å². The zero-order valence-electron chi connectivity index (χ0n) is 18.2. The molecular weight excluding hydrogens is 472 g/mol. The van der Waals surface area contributed by atoms with Gasteiger partial charge in [0.15, 0.2) is 5.12 Å². The number of hydrogen-bond donors (Lipinski definition) is 2. The molecule has 0 saturated carbocycles. The summed E-state index contributed by atoms with van der Waals surface area (Å²) in [6.07, 6.45) is 0.0101. The van der Waals surface area contributed by atoms with Crippen molar-refractivity contribution in [1.82, 2.24) is 10.2 Å². The first-order valence-corrected chi connectivity index (χ1v) is 12.0. The second-order valence-electron chi connectivity index (χ2n) is 7.41. The van der Waals surface area contributed by atoms with Crippen molar-refractivity contribution in [3.8, 4) is 0 Å². The lowest BCUT2D eigenvalue weighted by molar-refractivity contribution is -0.384. The van der Waals surface area contributed by atoms with Crippen LogP contribution in [0, 0.1) is 10.1 Å². The Balaban J connectivity index is 1.96. The van der Waals surface area contributed by atoms with Crippen molar-refractivity contribution in [3.63, 3.8) is 0 Å². The molecular formula is C20H26N4O7S2. The quantitative estimate of drug-likeness (QED) is 0.361. The molecule has 0 spiro atoms. The number of carbonyl (C=O) groups is 4. The van der Waals surface area contributed by atoms with Crippen molar-refractivity contribution >= 4 is 52.2 Å². The van der Waals surface area contributed by atoms with Crippen molar-refractivity contribution in [2.45, 2.75) is 43.4 Å². The summed E-state index contributed by atoms with van der Waals surface area (Å²) in [5.74, 6) is -0.534. The Labute approximate surface area is 199 Å².